The van der Waals surface area contributed by atoms with E-state index in [1.54, 1.807) is 12.1 Å². The van der Waals surface area contributed by atoms with Crippen molar-refractivity contribution in [3.05, 3.63) is 29.8 Å². The third kappa shape index (κ3) is 3.96. The SMILES string of the molecule is CC1CCCCC1NS(=O)(=O)c1ccc(CCCl)cc1. The second kappa shape index (κ2) is 6.92. The molecule has 1 saturated carbocycles. The monoisotopic (exact) mass is 315 g/mol. The van der Waals surface area contributed by atoms with Crippen LogP contribution in [0.1, 0.15) is 38.2 Å². The molecule has 0 saturated heterocycles. The lowest BCUT2D eigenvalue weighted by atomic mass is 9.87. The number of hydrogen-bond donors (Lipinski definition) is 1. The van der Waals surface area contributed by atoms with E-state index >= 15 is 0 Å². The van der Waals surface area contributed by atoms with E-state index in [-0.39, 0.29) is 6.04 Å². The molecule has 112 valence electrons. The van der Waals surface area contributed by atoms with Gasteiger partial charge in [-0.3, -0.25) is 0 Å². The normalized spacial score (nSPS) is 23.7. The van der Waals surface area contributed by atoms with Crippen LogP contribution in [0.3, 0.4) is 0 Å². The summed E-state index contributed by atoms with van der Waals surface area (Å²) < 4.78 is 27.6. The summed E-state index contributed by atoms with van der Waals surface area (Å²) in [7, 11) is -3.41. The molecule has 0 aliphatic heterocycles. The smallest absolute Gasteiger partial charge is 0.208 e. The number of alkyl halides is 1. The first-order valence-electron chi connectivity index (χ1n) is 7.20. The van der Waals surface area contributed by atoms with Crippen LogP contribution < -0.4 is 4.72 Å². The van der Waals surface area contributed by atoms with Crippen molar-refractivity contribution in [1.82, 2.24) is 4.72 Å². The van der Waals surface area contributed by atoms with Gasteiger partial charge < -0.3 is 0 Å². The lowest BCUT2D eigenvalue weighted by Gasteiger charge is -2.29. The molecule has 0 heterocycles. The van der Waals surface area contributed by atoms with Crippen LogP contribution in [0.5, 0.6) is 0 Å². The van der Waals surface area contributed by atoms with Crippen LogP contribution in [0.4, 0.5) is 0 Å². The number of halogens is 1. The van der Waals surface area contributed by atoms with E-state index in [9.17, 15) is 8.42 Å². The Hall–Kier alpha value is -0.580. The van der Waals surface area contributed by atoms with E-state index < -0.39 is 10.0 Å². The number of rotatable bonds is 5. The van der Waals surface area contributed by atoms with Crippen LogP contribution in [0.15, 0.2) is 29.2 Å². The number of sulfonamides is 1. The molecule has 0 bridgehead atoms. The molecule has 1 aliphatic carbocycles. The molecule has 1 N–H and O–H groups in total. The molecule has 1 aromatic rings. The third-order valence-corrected chi connectivity index (χ3v) is 5.73. The summed E-state index contributed by atoms with van der Waals surface area (Å²) in [6, 6.07) is 7.06. The number of benzene rings is 1. The molecule has 20 heavy (non-hydrogen) atoms. The van der Waals surface area contributed by atoms with Gasteiger partial charge in [-0.1, -0.05) is 31.9 Å². The van der Waals surface area contributed by atoms with E-state index in [4.69, 9.17) is 11.6 Å². The molecule has 1 aliphatic rings. The Morgan fingerprint density at radius 3 is 2.45 bits per heavy atom. The Bertz CT molecular complexity index is 527. The molecule has 2 rings (SSSR count). The summed E-state index contributed by atoms with van der Waals surface area (Å²) in [5.74, 6) is 0.957. The molecule has 0 amide bonds. The molecule has 0 radical (unpaired) electrons. The van der Waals surface area contributed by atoms with Crippen molar-refractivity contribution in [1.29, 1.82) is 0 Å². The predicted octanol–water partition coefficient (Wildman–Crippen LogP) is 3.32. The van der Waals surface area contributed by atoms with Gasteiger partial charge in [0, 0.05) is 11.9 Å². The Morgan fingerprint density at radius 1 is 1.20 bits per heavy atom. The summed E-state index contributed by atoms with van der Waals surface area (Å²) in [5, 5.41) is 0. The maximum Gasteiger partial charge on any atom is 0.240 e. The summed E-state index contributed by atoms with van der Waals surface area (Å²) in [6.07, 6.45) is 5.10. The van der Waals surface area contributed by atoms with Crippen LogP contribution in [-0.4, -0.2) is 20.3 Å². The standard InChI is InChI=1S/C15H22ClNO2S/c1-12-4-2-3-5-15(12)17-20(18,19)14-8-6-13(7-9-14)10-11-16/h6-9,12,15,17H,2-5,10-11H2,1H3. The zero-order chi connectivity index (χ0) is 14.6. The first kappa shape index (κ1) is 15.8. The molecular weight excluding hydrogens is 294 g/mol. The highest BCUT2D eigenvalue weighted by atomic mass is 35.5. The molecule has 2 atom stereocenters. The van der Waals surface area contributed by atoms with Gasteiger partial charge in [0.15, 0.2) is 0 Å². The molecule has 3 nitrogen and oxygen atoms in total. The van der Waals surface area contributed by atoms with Gasteiger partial charge in [-0.25, -0.2) is 13.1 Å². The fourth-order valence-corrected chi connectivity index (χ4v) is 4.30. The number of hydrogen-bond acceptors (Lipinski definition) is 2. The molecule has 2 unspecified atom stereocenters. The average Bonchev–Trinajstić information content (AvgIpc) is 2.42. The maximum atomic E-state index is 12.4. The highest BCUT2D eigenvalue weighted by molar-refractivity contribution is 7.89. The Kier molecular flexibility index (Phi) is 5.47. The first-order valence-corrected chi connectivity index (χ1v) is 9.22. The zero-order valence-electron chi connectivity index (χ0n) is 11.8. The quantitative estimate of drug-likeness (QED) is 0.847. The minimum atomic E-state index is -3.41. The fraction of sp³-hybridized carbons (Fsp3) is 0.600. The van der Waals surface area contributed by atoms with Gasteiger partial charge in [0.1, 0.15) is 0 Å². The minimum Gasteiger partial charge on any atom is -0.208 e. The molecule has 0 aromatic heterocycles. The van der Waals surface area contributed by atoms with Gasteiger partial charge in [0.25, 0.3) is 0 Å². The third-order valence-electron chi connectivity index (χ3n) is 4.03. The van der Waals surface area contributed by atoms with Crippen molar-refractivity contribution in [2.75, 3.05) is 5.88 Å². The van der Waals surface area contributed by atoms with Crippen LogP contribution in [-0.2, 0) is 16.4 Å². The fourth-order valence-electron chi connectivity index (χ4n) is 2.70. The predicted molar refractivity (Wildman–Crippen MR) is 82.6 cm³/mol. The van der Waals surface area contributed by atoms with E-state index in [0.29, 0.717) is 16.7 Å². The maximum absolute atomic E-state index is 12.4. The highest BCUT2D eigenvalue weighted by Crippen LogP contribution is 2.25. The summed E-state index contributed by atoms with van der Waals surface area (Å²) in [5.41, 5.74) is 1.06. The van der Waals surface area contributed by atoms with Gasteiger partial charge in [-0.15, -0.1) is 11.6 Å². The van der Waals surface area contributed by atoms with Gasteiger partial charge >= 0.3 is 0 Å². The Labute approximate surface area is 126 Å². The van der Waals surface area contributed by atoms with E-state index in [1.165, 1.54) is 6.42 Å². The van der Waals surface area contributed by atoms with E-state index in [0.717, 1.165) is 31.2 Å². The van der Waals surface area contributed by atoms with Crippen molar-refractivity contribution < 1.29 is 8.42 Å². The Morgan fingerprint density at radius 2 is 1.85 bits per heavy atom. The van der Waals surface area contributed by atoms with Crippen LogP contribution >= 0.6 is 11.6 Å². The van der Waals surface area contributed by atoms with Crippen molar-refractivity contribution in [2.24, 2.45) is 5.92 Å². The molecule has 5 heteroatoms. The first-order chi connectivity index (χ1) is 9.53. The topological polar surface area (TPSA) is 46.2 Å². The van der Waals surface area contributed by atoms with Crippen LogP contribution in [0, 0.1) is 5.92 Å². The lowest BCUT2D eigenvalue weighted by Crippen LogP contribution is -2.40. The average molecular weight is 316 g/mol. The molecular formula is C15H22ClNO2S. The zero-order valence-corrected chi connectivity index (χ0v) is 13.4. The van der Waals surface area contributed by atoms with E-state index in [1.807, 2.05) is 12.1 Å². The van der Waals surface area contributed by atoms with Gasteiger partial charge in [0.2, 0.25) is 10.0 Å². The molecule has 1 fully saturated rings. The number of aryl methyl sites for hydroxylation is 1. The van der Waals surface area contributed by atoms with Gasteiger partial charge in [-0.05, 0) is 42.9 Å². The van der Waals surface area contributed by atoms with Gasteiger partial charge in [0.05, 0.1) is 4.90 Å². The Balaban J connectivity index is 2.09. The van der Waals surface area contributed by atoms with Crippen LogP contribution in [0.2, 0.25) is 0 Å². The second-order valence-electron chi connectivity index (χ2n) is 5.57. The van der Waals surface area contributed by atoms with E-state index in [2.05, 4.69) is 11.6 Å². The van der Waals surface area contributed by atoms with Gasteiger partial charge in [-0.2, -0.15) is 0 Å². The molecule has 1 aromatic carbocycles. The van der Waals surface area contributed by atoms with Crippen LogP contribution in [0.25, 0.3) is 0 Å². The summed E-state index contributed by atoms with van der Waals surface area (Å²) in [6.45, 7) is 2.12. The minimum absolute atomic E-state index is 0.0660. The van der Waals surface area contributed by atoms with Crippen molar-refractivity contribution in [3.63, 3.8) is 0 Å². The van der Waals surface area contributed by atoms with Crippen molar-refractivity contribution in [2.45, 2.75) is 50.0 Å². The van der Waals surface area contributed by atoms with Crippen molar-refractivity contribution >= 4 is 21.6 Å². The summed E-state index contributed by atoms with van der Waals surface area (Å²) >= 11 is 5.68. The highest BCUT2D eigenvalue weighted by Gasteiger charge is 2.26. The lowest BCUT2D eigenvalue weighted by molar-refractivity contribution is 0.310. The summed E-state index contributed by atoms with van der Waals surface area (Å²) in [4.78, 5) is 0.341. The number of nitrogens with one attached hydrogen (secondary N) is 1. The van der Waals surface area contributed by atoms with Crippen molar-refractivity contribution in [3.8, 4) is 0 Å². The second-order valence-corrected chi connectivity index (χ2v) is 7.66. The molecule has 0 spiro atoms. The largest absolute Gasteiger partial charge is 0.240 e.